The molecule has 1 aromatic heterocycles. The van der Waals surface area contributed by atoms with Crippen LogP contribution in [0.15, 0.2) is 24.4 Å². The second-order valence-electron chi connectivity index (χ2n) is 4.61. The summed E-state index contributed by atoms with van der Waals surface area (Å²) in [5.41, 5.74) is 2.05. The van der Waals surface area contributed by atoms with Crippen LogP contribution in [0, 0.1) is 3.57 Å². The predicted molar refractivity (Wildman–Crippen MR) is 78.2 cm³/mol. The van der Waals surface area contributed by atoms with Gasteiger partial charge in [0.05, 0.1) is 6.54 Å². The molecule has 0 bridgehead atoms. The van der Waals surface area contributed by atoms with E-state index in [1.165, 1.54) is 0 Å². The minimum Gasteiger partial charge on any atom is -0.361 e. The summed E-state index contributed by atoms with van der Waals surface area (Å²) >= 11 is 2.22. The summed E-state index contributed by atoms with van der Waals surface area (Å²) in [4.78, 5) is 3.14. The van der Waals surface area contributed by atoms with E-state index in [2.05, 4.69) is 32.9 Å². The van der Waals surface area contributed by atoms with Gasteiger partial charge in [-0.2, -0.15) is 13.2 Å². The lowest BCUT2D eigenvalue weighted by molar-refractivity contribution is -0.126. The fourth-order valence-electron chi connectivity index (χ4n) is 2.01. The summed E-state index contributed by atoms with van der Waals surface area (Å²) in [6, 6.07) is 5.79. The number of halogens is 4. The van der Waals surface area contributed by atoms with E-state index in [1.54, 1.807) is 6.92 Å². The Kier molecular flexibility index (Phi) is 4.39. The predicted octanol–water partition coefficient (Wildman–Crippen LogP) is 3.86. The number of hydrogen-bond acceptors (Lipinski definition) is 1. The zero-order chi connectivity index (χ0) is 14.0. The Hall–Kier alpha value is -0.760. The molecule has 2 rings (SSSR count). The lowest BCUT2D eigenvalue weighted by atomic mass is 10.1. The maximum absolute atomic E-state index is 12.1. The number of nitrogens with one attached hydrogen (secondary N) is 2. The van der Waals surface area contributed by atoms with Gasteiger partial charge >= 0.3 is 6.18 Å². The van der Waals surface area contributed by atoms with E-state index in [0.717, 1.165) is 20.0 Å². The molecular weight excluding hydrogens is 368 g/mol. The Labute approximate surface area is 122 Å². The number of alkyl halides is 3. The lowest BCUT2D eigenvalue weighted by Gasteiger charge is -2.15. The van der Waals surface area contributed by atoms with Crippen LogP contribution in [0.1, 0.15) is 12.5 Å². The summed E-state index contributed by atoms with van der Waals surface area (Å²) in [5.74, 6) is 0. The van der Waals surface area contributed by atoms with Crippen molar-refractivity contribution >= 4 is 33.5 Å². The third-order valence-corrected chi connectivity index (χ3v) is 3.58. The van der Waals surface area contributed by atoms with Crippen molar-refractivity contribution in [3.05, 3.63) is 33.5 Å². The zero-order valence-corrected chi connectivity index (χ0v) is 12.5. The molecule has 1 atom stereocenters. The van der Waals surface area contributed by atoms with Crippen LogP contribution in [0.5, 0.6) is 0 Å². The Morgan fingerprint density at radius 1 is 1.37 bits per heavy atom. The molecule has 0 spiro atoms. The van der Waals surface area contributed by atoms with Gasteiger partial charge in [0.15, 0.2) is 0 Å². The van der Waals surface area contributed by atoms with Crippen LogP contribution in [0.3, 0.4) is 0 Å². The largest absolute Gasteiger partial charge is 0.401 e. The number of hydrogen-bond donors (Lipinski definition) is 2. The zero-order valence-electron chi connectivity index (χ0n) is 10.3. The van der Waals surface area contributed by atoms with E-state index in [0.29, 0.717) is 6.42 Å². The van der Waals surface area contributed by atoms with Gasteiger partial charge in [-0.05, 0) is 59.7 Å². The van der Waals surface area contributed by atoms with Crippen molar-refractivity contribution in [3.8, 4) is 0 Å². The van der Waals surface area contributed by atoms with Crippen molar-refractivity contribution in [2.24, 2.45) is 0 Å². The van der Waals surface area contributed by atoms with Crippen molar-refractivity contribution in [2.75, 3.05) is 6.54 Å². The van der Waals surface area contributed by atoms with E-state index < -0.39 is 12.7 Å². The molecular formula is C13H14F3IN2. The molecule has 0 amide bonds. The molecule has 2 aromatic rings. The Morgan fingerprint density at radius 2 is 2.11 bits per heavy atom. The molecule has 1 heterocycles. The molecule has 0 saturated carbocycles. The molecule has 0 aliphatic heterocycles. The number of fused-ring (bicyclic) bond motifs is 1. The number of H-pyrrole nitrogens is 1. The van der Waals surface area contributed by atoms with Gasteiger partial charge in [0, 0.05) is 26.7 Å². The van der Waals surface area contributed by atoms with Crippen molar-refractivity contribution in [2.45, 2.75) is 25.6 Å². The molecule has 2 N–H and O–H groups in total. The smallest absolute Gasteiger partial charge is 0.361 e. The van der Waals surface area contributed by atoms with Crippen LogP contribution in [-0.2, 0) is 6.42 Å². The topological polar surface area (TPSA) is 27.8 Å². The third kappa shape index (κ3) is 4.10. The molecule has 0 unspecified atom stereocenters. The standard InChI is InChI=1S/C13H14F3IN2/c1-8(19-7-13(14,15)16)4-9-6-18-12-3-2-10(17)5-11(9)12/h2-3,5-6,8,18-19H,4,7H2,1H3/t8-/m1/s1. The Morgan fingerprint density at radius 3 is 2.79 bits per heavy atom. The van der Waals surface area contributed by atoms with Gasteiger partial charge < -0.3 is 10.3 Å². The fraction of sp³-hybridized carbons (Fsp3) is 0.385. The highest BCUT2D eigenvalue weighted by Gasteiger charge is 2.27. The van der Waals surface area contributed by atoms with Crippen molar-refractivity contribution in [1.82, 2.24) is 10.3 Å². The molecule has 6 heteroatoms. The lowest BCUT2D eigenvalue weighted by Crippen LogP contribution is -2.36. The molecule has 2 nitrogen and oxygen atoms in total. The first-order valence-electron chi connectivity index (χ1n) is 5.91. The summed E-state index contributed by atoms with van der Waals surface area (Å²) in [7, 11) is 0. The number of aromatic nitrogens is 1. The first-order valence-corrected chi connectivity index (χ1v) is 6.98. The quantitative estimate of drug-likeness (QED) is 0.773. The van der Waals surface area contributed by atoms with Gasteiger partial charge in [0.1, 0.15) is 0 Å². The van der Waals surface area contributed by atoms with Gasteiger partial charge in [0.25, 0.3) is 0 Å². The number of rotatable bonds is 4. The SMILES string of the molecule is C[C@H](Cc1c[nH]c2ccc(I)cc12)NCC(F)(F)F. The maximum atomic E-state index is 12.1. The van der Waals surface area contributed by atoms with E-state index >= 15 is 0 Å². The summed E-state index contributed by atoms with van der Waals surface area (Å²) in [6.45, 7) is 0.812. The van der Waals surface area contributed by atoms with Crippen molar-refractivity contribution in [1.29, 1.82) is 0 Å². The first kappa shape index (κ1) is 14.6. The van der Waals surface area contributed by atoms with Gasteiger partial charge in [-0.25, -0.2) is 0 Å². The van der Waals surface area contributed by atoms with Crippen LogP contribution >= 0.6 is 22.6 Å². The highest BCUT2D eigenvalue weighted by Crippen LogP contribution is 2.22. The van der Waals surface area contributed by atoms with Crippen LogP contribution in [0.4, 0.5) is 13.2 Å². The van der Waals surface area contributed by atoms with Crippen LogP contribution in [-0.4, -0.2) is 23.7 Å². The number of benzene rings is 1. The molecule has 19 heavy (non-hydrogen) atoms. The van der Waals surface area contributed by atoms with Crippen LogP contribution in [0.25, 0.3) is 10.9 Å². The minimum atomic E-state index is -4.16. The summed E-state index contributed by atoms with van der Waals surface area (Å²) in [5, 5.41) is 3.58. The highest BCUT2D eigenvalue weighted by atomic mass is 127. The van der Waals surface area contributed by atoms with E-state index in [4.69, 9.17) is 0 Å². The average molecular weight is 382 g/mol. The third-order valence-electron chi connectivity index (χ3n) is 2.91. The van der Waals surface area contributed by atoms with Gasteiger partial charge in [-0.1, -0.05) is 0 Å². The number of aromatic amines is 1. The second kappa shape index (κ2) is 5.70. The molecule has 104 valence electrons. The van der Waals surface area contributed by atoms with Gasteiger partial charge in [0.2, 0.25) is 0 Å². The summed E-state index contributed by atoms with van der Waals surface area (Å²) < 4.78 is 37.5. The molecule has 0 radical (unpaired) electrons. The van der Waals surface area contributed by atoms with Crippen molar-refractivity contribution < 1.29 is 13.2 Å². The monoisotopic (exact) mass is 382 g/mol. The summed E-state index contributed by atoms with van der Waals surface area (Å²) in [6.07, 6.45) is -1.73. The molecule has 0 saturated heterocycles. The second-order valence-corrected chi connectivity index (χ2v) is 5.85. The molecule has 0 aliphatic carbocycles. The molecule has 1 aromatic carbocycles. The maximum Gasteiger partial charge on any atom is 0.401 e. The van der Waals surface area contributed by atoms with Gasteiger partial charge in [-0.3, -0.25) is 0 Å². The molecule has 0 aliphatic rings. The van der Waals surface area contributed by atoms with Crippen LogP contribution in [0.2, 0.25) is 0 Å². The molecule has 0 fully saturated rings. The van der Waals surface area contributed by atoms with E-state index in [1.807, 2.05) is 24.4 Å². The van der Waals surface area contributed by atoms with E-state index in [-0.39, 0.29) is 6.04 Å². The Bertz CT molecular complexity index is 563. The highest BCUT2D eigenvalue weighted by molar-refractivity contribution is 14.1. The van der Waals surface area contributed by atoms with Gasteiger partial charge in [-0.15, -0.1) is 0 Å². The normalized spacial score (nSPS) is 13.9. The first-order chi connectivity index (χ1) is 8.85. The Balaban J connectivity index is 2.06. The average Bonchev–Trinajstić information content (AvgIpc) is 2.68. The minimum absolute atomic E-state index is 0.224. The van der Waals surface area contributed by atoms with Crippen molar-refractivity contribution in [3.63, 3.8) is 0 Å². The van der Waals surface area contributed by atoms with Crippen LogP contribution < -0.4 is 5.32 Å². The fourth-order valence-corrected chi connectivity index (χ4v) is 2.50. The van der Waals surface area contributed by atoms with E-state index in [9.17, 15) is 13.2 Å².